The molecule has 0 aliphatic carbocycles. The lowest BCUT2D eigenvalue weighted by Crippen LogP contribution is -2.16. The van der Waals surface area contributed by atoms with Crippen LogP contribution in [0.4, 0.5) is 0 Å². The van der Waals surface area contributed by atoms with Crippen molar-refractivity contribution < 1.29 is 0 Å². The fourth-order valence-corrected chi connectivity index (χ4v) is 1.05. The van der Waals surface area contributed by atoms with E-state index in [-0.39, 0.29) is 6.04 Å². The fourth-order valence-electron chi connectivity index (χ4n) is 0.844. The predicted molar refractivity (Wildman–Crippen MR) is 49.5 cm³/mol. The Morgan fingerprint density at radius 3 is 3.00 bits per heavy atom. The molecule has 0 saturated heterocycles. The van der Waals surface area contributed by atoms with Crippen LogP contribution >= 0.6 is 11.6 Å². The van der Waals surface area contributed by atoms with Gasteiger partial charge < -0.3 is 0 Å². The summed E-state index contributed by atoms with van der Waals surface area (Å²) >= 11 is 5.66. The predicted octanol–water partition coefficient (Wildman–Crippen LogP) is 2.17. The van der Waals surface area contributed by atoms with Gasteiger partial charge in [0.1, 0.15) is 5.17 Å². The molecule has 2 nitrogen and oxygen atoms in total. The van der Waals surface area contributed by atoms with E-state index in [2.05, 4.69) is 16.6 Å². The van der Waals surface area contributed by atoms with Crippen molar-refractivity contribution in [3.8, 4) is 0 Å². The van der Waals surface area contributed by atoms with Gasteiger partial charge in [0.2, 0.25) is 0 Å². The van der Waals surface area contributed by atoms with Gasteiger partial charge in [0.05, 0.1) is 11.8 Å². The van der Waals surface area contributed by atoms with Crippen LogP contribution in [-0.4, -0.2) is 16.9 Å². The first-order valence-corrected chi connectivity index (χ1v) is 3.72. The molecule has 0 amide bonds. The molecular weight excluding hydrogens is 160 g/mol. The number of hydrogen-bond donors (Lipinski definition) is 0. The van der Waals surface area contributed by atoms with E-state index in [1.54, 1.807) is 6.08 Å². The third-order valence-corrected chi connectivity index (χ3v) is 1.60. The van der Waals surface area contributed by atoms with Crippen LogP contribution in [0, 0.1) is 0 Å². The summed E-state index contributed by atoms with van der Waals surface area (Å²) in [6, 6.07) is 0.0468. The Labute approximate surface area is 71.0 Å². The second-order valence-corrected chi connectivity index (χ2v) is 2.58. The number of allylic oxidation sites excluding steroid dienone is 1. The van der Waals surface area contributed by atoms with E-state index in [0.717, 1.165) is 5.71 Å². The van der Waals surface area contributed by atoms with Crippen molar-refractivity contribution in [1.29, 1.82) is 0 Å². The first-order chi connectivity index (χ1) is 5.24. The summed E-state index contributed by atoms with van der Waals surface area (Å²) < 4.78 is 0. The number of rotatable bonds is 1. The SMILES string of the molecule is C=C/N=C1/C=CC(Cl)=NC1C. The molecule has 1 heterocycles. The second-order valence-electron chi connectivity index (χ2n) is 2.20. The third kappa shape index (κ3) is 2.02. The highest BCUT2D eigenvalue weighted by Crippen LogP contribution is 2.06. The van der Waals surface area contributed by atoms with E-state index in [1.807, 2.05) is 13.0 Å². The Kier molecular flexibility index (Phi) is 2.60. The molecule has 0 aromatic heterocycles. The molecule has 0 spiro atoms. The lowest BCUT2D eigenvalue weighted by atomic mass is 10.1. The van der Waals surface area contributed by atoms with Crippen LogP contribution in [0.1, 0.15) is 6.92 Å². The van der Waals surface area contributed by atoms with E-state index in [9.17, 15) is 0 Å². The molecule has 1 aliphatic heterocycles. The quantitative estimate of drug-likeness (QED) is 0.574. The van der Waals surface area contributed by atoms with Gasteiger partial charge in [-0.15, -0.1) is 0 Å². The fraction of sp³-hybridized carbons (Fsp3) is 0.250. The Morgan fingerprint density at radius 2 is 2.45 bits per heavy atom. The second kappa shape index (κ2) is 3.49. The van der Waals surface area contributed by atoms with Gasteiger partial charge in [-0.25, -0.2) is 0 Å². The van der Waals surface area contributed by atoms with E-state index in [0.29, 0.717) is 5.17 Å². The van der Waals surface area contributed by atoms with Crippen molar-refractivity contribution in [2.75, 3.05) is 0 Å². The molecule has 0 aromatic carbocycles. The van der Waals surface area contributed by atoms with Crippen LogP contribution in [0.15, 0.2) is 34.9 Å². The average molecular weight is 169 g/mol. The number of halogens is 1. The molecule has 3 heteroatoms. The first-order valence-electron chi connectivity index (χ1n) is 3.34. The average Bonchev–Trinajstić information content (AvgIpc) is 1.95. The molecule has 1 atom stereocenters. The van der Waals surface area contributed by atoms with Crippen molar-refractivity contribution >= 4 is 22.5 Å². The minimum absolute atomic E-state index is 0.0468. The Balaban J connectivity index is 2.85. The lowest BCUT2D eigenvalue weighted by Gasteiger charge is -2.09. The highest BCUT2D eigenvalue weighted by Gasteiger charge is 2.09. The summed E-state index contributed by atoms with van der Waals surface area (Å²) in [6.45, 7) is 5.44. The number of aliphatic imine (C=N–C) groups is 2. The van der Waals surface area contributed by atoms with Gasteiger partial charge in [-0.05, 0) is 19.1 Å². The number of dihydropyridines is 1. The topological polar surface area (TPSA) is 24.7 Å². The molecule has 58 valence electrons. The highest BCUT2D eigenvalue weighted by molar-refractivity contribution is 6.69. The maximum Gasteiger partial charge on any atom is 0.124 e. The summed E-state index contributed by atoms with van der Waals surface area (Å²) in [4.78, 5) is 8.13. The lowest BCUT2D eigenvalue weighted by molar-refractivity contribution is 0.977. The van der Waals surface area contributed by atoms with E-state index in [1.165, 1.54) is 6.20 Å². The molecule has 0 fully saturated rings. The van der Waals surface area contributed by atoms with Crippen LogP contribution in [0.25, 0.3) is 0 Å². The maximum atomic E-state index is 5.66. The summed E-state index contributed by atoms with van der Waals surface area (Å²) in [5, 5.41) is 0.528. The molecule has 1 rings (SSSR count). The summed E-state index contributed by atoms with van der Waals surface area (Å²) in [5.74, 6) is 0. The van der Waals surface area contributed by atoms with Gasteiger partial charge in [-0.1, -0.05) is 18.2 Å². The van der Waals surface area contributed by atoms with Crippen LogP contribution in [0.2, 0.25) is 0 Å². The Hall–Kier alpha value is -0.890. The van der Waals surface area contributed by atoms with Crippen LogP contribution in [0.5, 0.6) is 0 Å². The molecule has 0 aromatic rings. The molecule has 1 unspecified atom stereocenters. The molecule has 0 N–H and O–H groups in total. The van der Waals surface area contributed by atoms with Crippen LogP contribution in [-0.2, 0) is 0 Å². The molecule has 0 saturated carbocycles. The monoisotopic (exact) mass is 168 g/mol. The van der Waals surface area contributed by atoms with Crippen LogP contribution in [0.3, 0.4) is 0 Å². The van der Waals surface area contributed by atoms with E-state index in [4.69, 9.17) is 11.6 Å². The minimum atomic E-state index is 0.0468. The normalized spacial score (nSPS) is 26.9. The van der Waals surface area contributed by atoms with Crippen molar-refractivity contribution in [3.05, 3.63) is 24.9 Å². The Bertz CT molecular complexity index is 251. The maximum absolute atomic E-state index is 5.66. The van der Waals surface area contributed by atoms with Gasteiger partial charge in [-0.2, -0.15) is 0 Å². The molecule has 1 aliphatic rings. The number of hydrogen-bond acceptors (Lipinski definition) is 2. The van der Waals surface area contributed by atoms with Gasteiger partial charge >= 0.3 is 0 Å². The van der Waals surface area contributed by atoms with Crippen molar-refractivity contribution in [2.24, 2.45) is 9.98 Å². The van der Waals surface area contributed by atoms with Gasteiger partial charge in [0.25, 0.3) is 0 Å². The van der Waals surface area contributed by atoms with Crippen molar-refractivity contribution in [1.82, 2.24) is 0 Å². The van der Waals surface area contributed by atoms with Crippen LogP contribution < -0.4 is 0 Å². The smallest absolute Gasteiger partial charge is 0.124 e. The minimum Gasteiger partial charge on any atom is -0.264 e. The zero-order valence-electron chi connectivity index (χ0n) is 6.29. The van der Waals surface area contributed by atoms with E-state index >= 15 is 0 Å². The molecular formula is C8H9ClN2. The van der Waals surface area contributed by atoms with Crippen molar-refractivity contribution in [2.45, 2.75) is 13.0 Å². The van der Waals surface area contributed by atoms with Crippen molar-refractivity contribution in [3.63, 3.8) is 0 Å². The largest absolute Gasteiger partial charge is 0.264 e. The van der Waals surface area contributed by atoms with Gasteiger partial charge in [-0.3, -0.25) is 9.98 Å². The summed E-state index contributed by atoms with van der Waals surface area (Å²) in [7, 11) is 0. The zero-order valence-corrected chi connectivity index (χ0v) is 7.04. The number of nitrogens with zero attached hydrogens (tertiary/aromatic N) is 2. The van der Waals surface area contributed by atoms with Gasteiger partial charge in [0.15, 0.2) is 0 Å². The molecule has 11 heavy (non-hydrogen) atoms. The summed E-state index contributed by atoms with van der Waals surface area (Å²) in [5.41, 5.74) is 0.893. The standard InChI is InChI=1S/C8H9ClN2/c1-3-10-7-4-5-8(9)11-6(7)2/h3-6H,1H2,2H3/b10-7-. The van der Waals surface area contributed by atoms with Gasteiger partial charge in [0, 0.05) is 6.20 Å². The first kappa shape index (κ1) is 8.21. The van der Waals surface area contributed by atoms with E-state index < -0.39 is 0 Å². The third-order valence-electron chi connectivity index (χ3n) is 1.38. The molecule has 0 radical (unpaired) electrons. The summed E-state index contributed by atoms with van der Waals surface area (Å²) in [6.07, 6.45) is 5.08. The Morgan fingerprint density at radius 1 is 1.73 bits per heavy atom. The highest BCUT2D eigenvalue weighted by atomic mass is 35.5. The molecule has 0 bridgehead atoms. The zero-order chi connectivity index (χ0) is 8.27.